The molecular formula is C11H22N2O4. The average Bonchev–Trinajstić information content (AvgIpc) is 2.14. The first kappa shape index (κ1) is 15.7. The van der Waals surface area contributed by atoms with Crippen LogP contribution in [0.4, 0.5) is 4.79 Å². The van der Waals surface area contributed by atoms with E-state index in [1.54, 1.807) is 27.8 Å². The highest BCUT2D eigenvalue weighted by Crippen LogP contribution is 2.06. The monoisotopic (exact) mass is 246 g/mol. The van der Waals surface area contributed by atoms with E-state index in [1.165, 1.54) is 0 Å². The Hall–Kier alpha value is -1.30. The first-order valence-electron chi connectivity index (χ1n) is 5.63. The van der Waals surface area contributed by atoms with Crippen LogP contribution in [0.25, 0.3) is 0 Å². The van der Waals surface area contributed by atoms with Gasteiger partial charge in [-0.25, -0.2) is 4.79 Å². The zero-order valence-electron chi connectivity index (χ0n) is 10.9. The van der Waals surface area contributed by atoms with Crippen LogP contribution in [0.3, 0.4) is 0 Å². The van der Waals surface area contributed by atoms with Gasteiger partial charge in [-0.2, -0.15) is 0 Å². The highest BCUT2D eigenvalue weighted by molar-refractivity contribution is 5.73. The number of amides is 1. The molecule has 0 heterocycles. The molecule has 3 N–H and O–H groups in total. The molecule has 1 amide bonds. The highest BCUT2D eigenvalue weighted by atomic mass is 16.6. The third-order valence-electron chi connectivity index (χ3n) is 1.98. The maximum absolute atomic E-state index is 11.2. The Kier molecular flexibility index (Phi) is 6.57. The van der Waals surface area contributed by atoms with E-state index in [1.807, 2.05) is 0 Å². The molecule has 0 aliphatic rings. The van der Waals surface area contributed by atoms with Crippen LogP contribution >= 0.6 is 0 Å². The van der Waals surface area contributed by atoms with Crippen LogP contribution < -0.4 is 10.6 Å². The van der Waals surface area contributed by atoms with Crippen molar-refractivity contribution in [2.75, 3.05) is 13.6 Å². The predicted molar refractivity (Wildman–Crippen MR) is 64.0 cm³/mol. The van der Waals surface area contributed by atoms with E-state index < -0.39 is 23.7 Å². The molecule has 0 rings (SSSR count). The molecule has 0 aliphatic carbocycles. The van der Waals surface area contributed by atoms with Gasteiger partial charge in [-0.15, -0.1) is 0 Å². The van der Waals surface area contributed by atoms with E-state index in [9.17, 15) is 9.59 Å². The molecule has 0 radical (unpaired) electrons. The summed E-state index contributed by atoms with van der Waals surface area (Å²) in [5, 5.41) is 14.0. The van der Waals surface area contributed by atoms with E-state index in [4.69, 9.17) is 9.84 Å². The second kappa shape index (κ2) is 7.11. The second-order valence-electron chi connectivity index (χ2n) is 4.75. The van der Waals surface area contributed by atoms with Crippen molar-refractivity contribution in [2.45, 2.75) is 45.3 Å². The van der Waals surface area contributed by atoms with Crippen LogP contribution in [0.1, 0.15) is 33.6 Å². The lowest BCUT2D eigenvalue weighted by molar-refractivity contribution is -0.139. The van der Waals surface area contributed by atoms with Crippen LogP contribution in [-0.2, 0) is 9.53 Å². The van der Waals surface area contributed by atoms with Gasteiger partial charge in [0, 0.05) is 6.54 Å². The molecule has 100 valence electrons. The Morgan fingerprint density at radius 2 is 1.94 bits per heavy atom. The number of likely N-dealkylation sites (N-methyl/N-ethyl adjacent to an activating group) is 1. The minimum atomic E-state index is -0.884. The van der Waals surface area contributed by atoms with Crippen molar-refractivity contribution in [3.05, 3.63) is 0 Å². The summed E-state index contributed by atoms with van der Waals surface area (Å²) in [4.78, 5) is 21.9. The van der Waals surface area contributed by atoms with Crippen LogP contribution in [0.15, 0.2) is 0 Å². The van der Waals surface area contributed by atoms with Crippen LogP contribution in [0, 0.1) is 0 Å². The van der Waals surface area contributed by atoms with Gasteiger partial charge in [0.1, 0.15) is 11.6 Å². The van der Waals surface area contributed by atoms with Gasteiger partial charge in [0.2, 0.25) is 0 Å². The fraction of sp³-hybridized carbons (Fsp3) is 0.818. The molecule has 1 unspecified atom stereocenters. The van der Waals surface area contributed by atoms with Gasteiger partial charge in [-0.1, -0.05) is 0 Å². The van der Waals surface area contributed by atoms with Gasteiger partial charge in [0.15, 0.2) is 0 Å². The lowest BCUT2D eigenvalue weighted by Gasteiger charge is -2.19. The minimum Gasteiger partial charge on any atom is -0.480 e. The third-order valence-corrected chi connectivity index (χ3v) is 1.98. The second-order valence-corrected chi connectivity index (χ2v) is 4.75. The number of carbonyl (C=O) groups excluding carboxylic acids is 1. The summed E-state index contributed by atoms with van der Waals surface area (Å²) in [6.07, 6.45) is 0.562. The lowest BCUT2D eigenvalue weighted by Crippen LogP contribution is -2.36. The van der Waals surface area contributed by atoms with Gasteiger partial charge >= 0.3 is 12.1 Å². The fourth-order valence-electron chi connectivity index (χ4n) is 1.20. The molecule has 0 aromatic heterocycles. The molecule has 0 aromatic rings. The number of carboxylic acids is 1. The Morgan fingerprint density at radius 3 is 2.35 bits per heavy atom. The Labute approximate surface area is 102 Å². The minimum absolute atomic E-state index is 0.403. The first-order chi connectivity index (χ1) is 7.76. The van der Waals surface area contributed by atoms with Crippen LogP contribution in [0.2, 0.25) is 0 Å². The third kappa shape index (κ3) is 8.50. The molecule has 0 saturated heterocycles. The summed E-state index contributed by atoms with van der Waals surface area (Å²) in [6, 6.07) is -0.574. The lowest BCUT2D eigenvalue weighted by atomic mass is 10.1. The number of aliphatic carboxylic acids is 1. The molecule has 17 heavy (non-hydrogen) atoms. The SMILES string of the molecule is CNC(CCCNC(=O)OC(C)(C)C)C(=O)O. The van der Waals surface area contributed by atoms with Crippen LogP contribution in [0.5, 0.6) is 0 Å². The molecular weight excluding hydrogens is 224 g/mol. The summed E-state index contributed by atoms with van der Waals surface area (Å²) >= 11 is 0. The van der Waals surface area contributed by atoms with Crippen LogP contribution in [-0.4, -0.2) is 42.4 Å². The number of carboxylic acid groups (broad SMARTS) is 1. The van der Waals surface area contributed by atoms with Gasteiger partial charge in [0.25, 0.3) is 0 Å². The van der Waals surface area contributed by atoms with Crippen molar-refractivity contribution in [3.63, 3.8) is 0 Å². The van der Waals surface area contributed by atoms with Crippen molar-refractivity contribution in [2.24, 2.45) is 0 Å². The van der Waals surface area contributed by atoms with Crippen molar-refractivity contribution in [1.29, 1.82) is 0 Å². The van der Waals surface area contributed by atoms with E-state index in [2.05, 4.69) is 10.6 Å². The van der Waals surface area contributed by atoms with Gasteiger partial charge in [-0.05, 0) is 40.7 Å². The molecule has 1 atom stereocenters. The molecule has 0 saturated carbocycles. The summed E-state index contributed by atoms with van der Waals surface area (Å²) in [6.45, 7) is 5.76. The van der Waals surface area contributed by atoms with E-state index in [0.717, 1.165) is 0 Å². The summed E-state index contributed by atoms with van der Waals surface area (Å²) in [5.74, 6) is -0.884. The van der Waals surface area contributed by atoms with Crippen molar-refractivity contribution in [1.82, 2.24) is 10.6 Å². The average molecular weight is 246 g/mol. The van der Waals surface area contributed by atoms with Gasteiger partial charge in [0.05, 0.1) is 0 Å². The maximum atomic E-state index is 11.2. The molecule has 0 fully saturated rings. The Balaban J connectivity index is 3.71. The summed E-state index contributed by atoms with van der Waals surface area (Å²) in [5.41, 5.74) is -0.515. The Morgan fingerprint density at radius 1 is 1.35 bits per heavy atom. The quantitative estimate of drug-likeness (QED) is 0.608. The first-order valence-corrected chi connectivity index (χ1v) is 5.63. The van der Waals surface area contributed by atoms with E-state index >= 15 is 0 Å². The summed E-state index contributed by atoms with van der Waals surface area (Å²) < 4.78 is 5.04. The molecule has 0 aliphatic heterocycles. The molecule has 0 spiro atoms. The zero-order chi connectivity index (χ0) is 13.5. The predicted octanol–water partition coefficient (Wildman–Crippen LogP) is 0.964. The zero-order valence-corrected chi connectivity index (χ0v) is 10.9. The standard InChI is InChI=1S/C11H22N2O4/c1-11(2,3)17-10(16)13-7-5-6-8(12-4)9(14)15/h8,12H,5-7H2,1-4H3,(H,13,16)(H,14,15). The van der Waals surface area contributed by atoms with Gasteiger partial charge in [-0.3, -0.25) is 4.79 Å². The largest absolute Gasteiger partial charge is 0.480 e. The molecule has 6 heteroatoms. The molecule has 0 bridgehead atoms. The number of carbonyl (C=O) groups is 2. The number of rotatable bonds is 6. The van der Waals surface area contributed by atoms with Gasteiger partial charge < -0.3 is 20.5 Å². The molecule has 6 nitrogen and oxygen atoms in total. The topological polar surface area (TPSA) is 87.7 Å². The summed E-state index contributed by atoms with van der Waals surface area (Å²) in [7, 11) is 1.60. The normalized spacial score (nSPS) is 12.9. The number of nitrogens with one attached hydrogen (secondary N) is 2. The van der Waals surface area contributed by atoms with Crippen molar-refractivity contribution >= 4 is 12.1 Å². The maximum Gasteiger partial charge on any atom is 0.407 e. The van der Waals surface area contributed by atoms with E-state index in [-0.39, 0.29) is 0 Å². The van der Waals surface area contributed by atoms with Crippen molar-refractivity contribution < 1.29 is 19.4 Å². The fourth-order valence-corrected chi connectivity index (χ4v) is 1.20. The Bertz CT molecular complexity index is 261. The van der Waals surface area contributed by atoms with Crippen molar-refractivity contribution in [3.8, 4) is 0 Å². The number of alkyl carbamates (subject to hydrolysis) is 1. The smallest absolute Gasteiger partial charge is 0.407 e. The number of ether oxygens (including phenoxy) is 1. The molecule has 0 aromatic carbocycles. The highest BCUT2D eigenvalue weighted by Gasteiger charge is 2.16. The number of hydrogen-bond donors (Lipinski definition) is 3. The van der Waals surface area contributed by atoms with E-state index in [0.29, 0.717) is 19.4 Å². The number of hydrogen-bond acceptors (Lipinski definition) is 4.